The van der Waals surface area contributed by atoms with Crippen LogP contribution in [0.2, 0.25) is 0 Å². The number of rotatable bonds is 3. The number of allylic oxidation sites excluding steroid dienone is 1. The molecule has 0 saturated carbocycles. The number of nitrogens with one attached hydrogen (secondary N) is 2. The van der Waals surface area contributed by atoms with Crippen LogP contribution in [-0.4, -0.2) is 24.5 Å². The summed E-state index contributed by atoms with van der Waals surface area (Å²) < 4.78 is 4.34. The second kappa shape index (κ2) is 4.43. The van der Waals surface area contributed by atoms with E-state index in [1.165, 1.54) is 13.2 Å². The predicted molar refractivity (Wildman–Crippen MR) is 46.9 cm³/mol. The Morgan fingerprint density at radius 1 is 1.33 bits per heavy atom. The molecular formula is C8H12N2O2. The van der Waals surface area contributed by atoms with Crippen molar-refractivity contribution in [1.82, 2.24) is 0 Å². The molecule has 0 unspecified atom stereocenters. The van der Waals surface area contributed by atoms with E-state index < -0.39 is 5.97 Å². The van der Waals surface area contributed by atoms with Crippen molar-refractivity contribution in [2.45, 2.75) is 13.8 Å². The number of esters is 1. The third-order valence-electron chi connectivity index (χ3n) is 1.22. The number of carbonyl (C=O) groups excluding carboxylic acids is 1. The molecular weight excluding hydrogens is 156 g/mol. The van der Waals surface area contributed by atoms with Crippen molar-refractivity contribution in [2.75, 3.05) is 7.11 Å². The van der Waals surface area contributed by atoms with Crippen LogP contribution in [0.1, 0.15) is 13.8 Å². The van der Waals surface area contributed by atoms with Crippen LogP contribution < -0.4 is 0 Å². The lowest BCUT2D eigenvalue weighted by Gasteiger charge is -2.00. The van der Waals surface area contributed by atoms with Gasteiger partial charge in [-0.2, -0.15) is 0 Å². The van der Waals surface area contributed by atoms with Gasteiger partial charge in [0.15, 0.2) is 0 Å². The van der Waals surface area contributed by atoms with Gasteiger partial charge in [0.2, 0.25) is 0 Å². The molecule has 4 heteroatoms. The molecule has 0 radical (unpaired) electrons. The number of methoxy groups -OCH3 is 1. The summed E-state index contributed by atoms with van der Waals surface area (Å²) in [5, 5.41) is 14.3. The number of hydrogen-bond acceptors (Lipinski definition) is 4. The zero-order valence-electron chi connectivity index (χ0n) is 7.39. The van der Waals surface area contributed by atoms with E-state index in [0.717, 1.165) is 0 Å². The quantitative estimate of drug-likeness (QED) is 0.490. The fraction of sp³-hybridized carbons (Fsp3) is 0.375. The first-order valence-electron chi connectivity index (χ1n) is 3.39. The highest BCUT2D eigenvalue weighted by Crippen LogP contribution is 1.97. The van der Waals surface area contributed by atoms with Crippen LogP contribution in [0.25, 0.3) is 0 Å². The normalized spacial score (nSPS) is 10.8. The van der Waals surface area contributed by atoms with Crippen LogP contribution in [-0.2, 0) is 9.53 Å². The van der Waals surface area contributed by atoms with Crippen LogP contribution in [0, 0.1) is 10.8 Å². The Bertz CT molecular complexity index is 254. The first-order chi connectivity index (χ1) is 5.49. The Morgan fingerprint density at radius 3 is 2.17 bits per heavy atom. The summed E-state index contributed by atoms with van der Waals surface area (Å²) in [6, 6.07) is 0. The molecule has 2 N–H and O–H groups in total. The first-order valence-corrected chi connectivity index (χ1v) is 3.39. The molecule has 0 aromatic heterocycles. The maximum Gasteiger partial charge on any atom is 0.356 e. The predicted octanol–water partition coefficient (Wildman–Crippen LogP) is 1.17. The summed E-state index contributed by atoms with van der Waals surface area (Å²) in [7, 11) is 1.22. The smallest absolute Gasteiger partial charge is 0.356 e. The van der Waals surface area contributed by atoms with Gasteiger partial charge < -0.3 is 10.1 Å². The van der Waals surface area contributed by atoms with Crippen LogP contribution in [0.15, 0.2) is 11.6 Å². The Hall–Kier alpha value is -1.45. The van der Waals surface area contributed by atoms with Gasteiger partial charge in [-0.1, -0.05) is 0 Å². The summed E-state index contributed by atoms with van der Waals surface area (Å²) in [5.41, 5.74) is 0.541. The Morgan fingerprint density at radius 2 is 1.83 bits per heavy atom. The van der Waals surface area contributed by atoms with Crippen LogP contribution in [0.4, 0.5) is 0 Å². The van der Waals surface area contributed by atoms with Crippen molar-refractivity contribution in [3.63, 3.8) is 0 Å². The molecule has 12 heavy (non-hydrogen) atoms. The lowest BCUT2D eigenvalue weighted by Crippen LogP contribution is -2.16. The minimum Gasteiger partial charge on any atom is -0.464 e. The van der Waals surface area contributed by atoms with E-state index in [9.17, 15) is 4.79 Å². The Kier molecular flexibility index (Phi) is 3.90. The van der Waals surface area contributed by atoms with E-state index in [0.29, 0.717) is 11.3 Å². The van der Waals surface area contributed by atoms with Crippen LogP contribution >= 0.6 is 0 Å². The monoisotopic (exact) mass is 168 g/mol. The number of carbonyl (C=O) groups is 1. The summed E-state index contributed by atoms with van der Waals surface area (Å²) in [4.78, 5) is 10.8. The van der Waals surface area contributed by atoms with Gasteiger partial charge in [-0.15, -0.1) is 0 Å². The molecule has 0 fully saturated rings. The molecule has 0 bridgehead atoms. The van der Waals surface area contributed by atoms with Crippen molar-refractivity contribution in [1.29, 1.82) is 10.8 Å². The highest BCUT2D eigenvalue weighted by atomic mass is 16.5. The highest BCUT2D eigenvalue weighted by molar-refractivity contribution is 6.42. The SMILES string of the molecule is COC(=O)C(=N)C(C)=CC(C)=N. The molecule has 0 saturated heterocycles. The number of hydrogen-bond donors (Lipinski definition) is 2. The molecule has 0 aliphatic heterocycles. The van der Waals surface area contributed by atoms with Crippen molar-refractivity contribution in [3.8, 4) is 0 Å². The van der Waals surface area contributed by atoms with Gasteiger partial charge in [-0.3, -0.25) is 5.41 Å². The molecule has 0 spiro atoms. The molecule has 0 heterocycles. The lowest BCUT2D eigenvalue weighted by molar-refractivity contribution is -0.132. The third-order valence-corrected chi connectivity index (χ3v) is 1.22. The van der Waals surface area contributed by atoms with Gasteiger partial charge in [-0.25, -0.2) is 4.79 Å². The van der Waals surface area contributed by atoms with E-state index in [2.05, 4.69) is 4.74 Å². The summed E-state index contributed by atoms with van der Waals surface area (Å²) in [6.45, 7) is 3.17. The molecule has 0 rings (SSSR count). The van der Waals surface area contributed by atoms with Gasteiger partial charge in [-0.05, 0) is 25.5 Å². The highest BCUT2D eigenvalue weighted by Gasteiger charge is 2.10. The van der Waals surface area contributed by atoms with E-state index >= 15 is 0 Å². The van der Waals surface area contributed by atoms with Gasteiger partial charge in [0, 0.05) is 5.71 Å². The summed E-state index contributed by atoms with van der Waals surface area (Å²) in [6.07, 6.45) is 1.44. The largest absolute Gasteiger partial charge is 0.464 e. The average molecular weight is 168 g/mol. The van der Waals surface area contributed by atoms with Gasteiger partial charge in [0.1, 0.15) is 5.71 Å². The van der Waals surface area contributed by atoms with E-state index in [1.807, 2.05) is 0 Å². The van der Waals surface area contributed by atoms with Gasteiger partial charge in [0.25, 0.3) is 0 Å². The second-order valence-electron chi connectivity index (χ2n) is 2.38. The molecule has 0 aliphatic carbocycles. The van der Waals surface area contributed by atoms with Crippen LogP contribution in [0.3, 0.4) is 0 Å². The van der Waals surface area contributed by atoms with Crippen LogP contribution in [0.5, 0.6) is 0 Å². The fourth-order valence-corrected chi connectivity index (χ4v) is 0.660. The minimum absolute atomic E-state index is 0.205. The zero-order valence-corrected chi connectivity index (χ0v) is 7.39. The van der Waals surface area contributed by atoms with Crippen molar-refractivity contribution in [2.24, 2.45) is 0 Å². The lowest BCUT2D eigenvalue weighted by atomic mass is 10.1. The Labute approximate surface area is 71.3 Å². The van der Waals surface area contributed by atoms with E-state index in [-0.39, 0.29) is 5.71 Å². The maximum atomic E-state index is 10.8. The van der Waals surface area contributed by atoms with Gasteiger partial charge in [0.05, 0.1) is 7.11 Å². The maximum absolute atomic E-state index is 10.8. The molecule has 0 atom stereocenters. The molecule has 0 aromatic rings. The van der Waals surface area contributed by atoms with Crippen molar-refractivity contribution >= 4 is 17.4 Å². The minimum atomic E-state index is -0.676. The third kappa shape index (κ3) is 3.09. The second-order valence-corrected chi connectivity index (χ2v) is 2.38. The fourth-order valence-electron chi connectivity index (χ4n) is 0.660. The van der Waals surface area contributed by atoms with E-state index in [4.69, 9.17) is 10.8 Å². The van der Waals surface area contributed by atoms with E-state index in [1.54, 1.807) is 13.8 Å². The molecule has 0 aliphatic rings. The molecule has 66 valence electrons. The topological polar surface area (TPSA) is 74.0 Å². The number of ether oxygens (including phenoxy) is 1. The molecule has 0 aromatic carbocycles. The van der Waals surface area contributed by atoms with Gasteiger partial charge >= 0.3 is 5.97 Å². The van der Waals surface area contributed by atoms with Crippen molar-refractivity contribution in [3.05, 3.63) is 11.6 Å². The first kappa shape index (κ1) is 10.6. The van der Waals surface area contributed by atoms with Crippen molar-refractivity contribution < 1.29 is 9.53 Å². The molecule has 0 amide bonds. The standard InChI is InChI=1S/C8H12N2O2/c1-5(4-6(2)9)7(10)8(11)12-3/h4,9-10H,1-3H3. The Balaban J connectivity index is 4.50. The zero-order chi connectivity index (χ0) is 9.72. The molecule has 4 nitrogen and oxygen atoms in total. The average Bonchev–Trinajstić information content (AvgIpc) is 2.00. The summed E-state index contributed by atoms with van der Waals surface area (Å²) >= 11 is 0. The summed E-state index contributed by atoms with van der Waals surface area (Å²) in [5.74, 6) is -0.676.